The quantitative estimate of drug-likeness (QED) is 0.750. The van der Waals surface area contributed by atoms with Gasteiger partial charge < -0.3 is 9.73 Å². The van der Waals surface area contributed by atoms with Crippen LogP contribution in [0, 0.1) is 5.92 Å². The first kappa shape index (κ1) is 18.6. The average Bonchev–Trinajstić information content (AvgIpc) is 3.03. The van der Waals surface area contributed by atoms with Gasteiger partial charge in [0.25, 0.3) is 0 Å². The van der Waals surface area contributed by atoms with Gasteiger partial charge in [-0.05, 0) is 35.9 Å². The van der Waals surface area contributed by atoms with Crippen LogP contribution in [0.4, 0.5) is 5.69 Å². The van der Waals surface area contributed by atoms with Gasteiger partial charge in [-0.15, -0.1) is 11.8 Å². The van der Waals surface area contributed by atoms with Crippen molar-refractivity contribution in [3.05, 3.63) is 36.2 Å². The highest BCUT2D eigenvalue weighted by Gasteiger charge is 2.22. The predicted molar refractivity (Wildman–Crippen MR) is 101 cm³/mol. The number of carbonyl (C=O) groups excluding carboxylic acids is 1. The van der Waals surface area contributed by atoms with Crippen molar-refractivity contribution in [2.45, 2.75) is 45.8 Å². The molecule has 130 valence electrons. The molecule has 0 saturated carbocycles. The molecule has 0 radical (unpaired) electrons. The number of oxazole rings is 1. The molecule has 2 aromatic rings. The molecule has 1 amide bonds. The fourth-order valence-corrected chi connectivity index (χ4v) is 3.30. The molecule has 24 heavy (non-hydrogen) atoms. The molecule has 1 unspecified atom stereocenters. The number of hydrogen-bond acceptors (Lipinski definition) is 4. The fourth-order valence-electron chi connectivity index (χ4n) is 2.35. The Hall–Kier alpha value is -1.75. The van der Waals surface area contributed by atoms with Crippen LogP contribution in [0.1, 0.15) is 46.3 Å². The number of carbonyl (C=O) groups is 1. The molecular formula is C19H26N2O2S. The van der Waals surface area contributed by atoms with Gasteiger partial charge in [0, 0.05) is 17.2 Å². The maximum Gasteiger partial charge on any atom is 0.237 e. The van der Waals surface area contributed by atoms with Crippen LogP contribution in [0.25, 0.3) is 11.5 Å². The monoisotopic (exact) mass is 346 g/mol. The van der Waals surface area contributed by atoms with E-state index in [1.807, 2.05) is 24.3 Å². The summed E-state index contributed by atoms with van der Waals surface area (Å²) in [5.41, 5.74) is 1.70. The number of nitrogens with zero attached hydrogens (tertiary/aromatic N) is 1. The van der Waals surface area contributed by atoms with Crippen LogP contribution >= 0.6 is 11.8 Å². The SMILES string of the molecule is CCSC(C(=O)Nc1ccc(-c2ncc(C(C)C)o2)cc1)C(C)C. The molecule has 0 aliphatic rings. The number of benzene rings is 1. The molecule has 5 heteroatoms. The van der Waals surface area contributed by atoms with Gasteiger partial charge in [-0.2, -0.15) is 0 Å². The number of aromatic nitrogens is 1. The number of anilines is 1. The Morgan fingerprint density at radius 2 is 1.88 bits per heavy atom. The molecule has 1 aromatic carbocycles. The van der Waals surface area contributed by atoms with Crippen molar-refractivity contribution in [3.8, 4) is 11.5 Å². The van der Waals surface area contributed by atoms with Crippen LogP contribution in [-0.4, -0.2) is 21.9 Å². The highest BCUT2D eigenvalue weighted by Crippen LogP contribution is 2.25. The summed E-state index contributed by atoms with van der Waals surface area (Å²) in [4.78, 5) is 16.7. The van der Waals surface area contributed by atoms with Crippen LogP contribution in [0.3, 0.4) is 0 Å². The second kappa shape index (κ2) is 8.38. The summed E-state index contributed by atoms with van der Waals surface area (Å²) < 4.78 is 5.75. The van der Waals surface area contributed by atoms with E-state index < -0.39 is 0 Å². The third kappa shape index (κ3) is 4.63. The number of amides is 1. The average molecular weight is 346 g/mol. The van der Waals surface area contributed by atoms with Crippen LogP contribution in [-0.2, 0) is 4.79 Å². The lowest BCUT2D eigenvalue weighted by Gasteiger charge is -2.19. The summed E-state index contributed by atoms with van der Waals surface area (Å²) in [5, 5.41) is 2.97. The van der Waals surface area contributed by atoms with E-state index >= 15 is 0 Å². The number of nitrogens with one attached hydrogen (secondary N) is 1. The van der Waals surface area contributed by atoms with Gasteiger partial charge in [-0.3, -0.25) is 4.79 Å². The Labute approximate surface area is 148 Å². The van der Waals surface area contributed by atoms with Gasteiger partial charge in [-0.25, -0.2) is 4.98 Å². The minimum Gasteiger partial charge on any atom is -0.441 e. The molecule has 0 saturated heterocycles. The Morgan fingerprint density at radius 1 is 1.21 bits per heavy atom. The highest BCUT2D eigenvalue weighted by molar-refractivity contribution is 8.00. The van der Waals surface area contributed by atoms with E-state index in [0.717, 1.165) is 22.8 Å². The Morgan fingerprint density at radius 3 is 2.38 bits per heavy atom. The van der Waals surface area contributed by atoms with E-state index in [9.17, 15) is 4.79 Å². The van der Waals surface area contributed by atoms with Crippen molar-refractivity contribution in [2.75, 3.05) is 11.1 Å². The molecule has 0 fully saturated rings. The molecule has 0 bridgehead atoms. The van der Waals surface area contributed by atoms with Gasteiger partial charge in [-0.1, -0.05) is 34.6 Å². The van der Waals surface area contributed by atoms with Crippen LogP contribution < -0.4 is 5.32 Å². The maximum absolute atomic E-state index is 12.4. The summed E-state index contributed by atoms with van der Waals surface area (Å²) in [6.45, 7) is 10.4. The van der Waals surface area contributed by atoms with Crippen molar-refractivity contribution in [3.63, 3.8) is 0 Å². The number of rotatable bonds is 7. The van der Waals surface area contributed by atoms with E-state index in [-0.39, 0.29) is 11.2 Å². The summed E-state index contributed by atoms with van der Waals surface area (Å²) >= 11 is 1.68. The zero-order valence-electron chi connectivity index (χ0n) is 15.0. The lowest BCUT2D eigenvalue weighted by molar-refractivity contribution is -0.116. The zero-order valence-corrected chi connectivity index (χ0v) is 15.8. The van der Waals surface area contributed by atoms with E-state index in [4.69, 9.17) is 4.42 Å². The van der Waals surface area contributed by atoms with Crippen LogP contribution in [0.2, 0.25) is 0 Å². The Kier molecular flexibility index (Phi) is 6.49. The molecule has 1 heterocycles. The van der Waals surface area contributed by atoms with Crippen molar-refractivity contribution in [2.24, 2.45) is 5.92 Å². The van der Waals surface area contributed by atoms with Crippen LogP contribution in [0.15, 0.2) is 34.9 Å². The summed E-state index contributed by atoms with van der Waals surface area (Å²) in [6.07, 6.45) is 1.77. The third-order valence-electron chi connectivity index (χ3n) is 3.70. The number of hydrogen-bond donors (Lipinski definition) is 1. The van der Waals surface area contributed by atoms with Gasteiger partial charge in [0.2, 0.25) is 11.8 Å². The van der Waals surface area contributed by atoms with E-state index in [1.54, 1.807) is 18.0 Å². The van der Waals surface area contributed by atoms with Crippen molar-refractivity contribution in [1.29, 1.82) is 0 Å². The van der Waals surface area contributed by atoms with Gasteiger partial charge in [0.15, 0.2) is 0 Å². The lowest BCUT2D eigenvalue weighted by Crippen LogP contribution is -2.29. The van der Waals surface area contributed by atoms with E-state index in [0.29, 0.717) is 17.7 Å². The number of thioether (sulfide) groups is 1. The smallest absolute Gasteiger partial charge is 0.237 e. The molecule has 0 aliphatic carbocycles. The zero-order chi connectivity index (χ0) is 17.7. The normalized spacial score (nSPS) is 12.6. The molecule has 1 atom stereocenters. The highest BCUT2D eigenvalue weighted by atomic mass is 32.2. The Balaban J connectivity index is 2.07. The lowest BCUT2D eigenvalue weighted by atomic mass is 10.1. The van der Waals surface area contributed by atoms with Gasteiger partial charge in [0.1, 0.15) is 5.76 Å². The summed E-state index contributed by atoms with van der Waals surface area (Å²) in [7, 11) is 0. The molecule has 1 N–H and O–H groups in total. The fraction of sp³-hybridized carbons (Fsp3) is 0.474. The maximum atomic E-state index is 12.4. The van der Waals surface area contributed by atoms with Crippen molar-refractivity contribution < 1.29 is 9.21 Å². The standard InChI is InChI=1S/C19H26N2O2S/c1-6-24-17(13(4)5)18(22)21-15-9-7-14(8-10-15)19-20-11-16(23-19)12(2)3/h7-13,17H,6H2,1-5H3,(H,21,22). The largest absolute Gasteiger partial charge is 0.441 e. The third-order valence-corrected chi connectivity index (χ3v) is 5.15. The minimum absolute atomic E-state index is 0.0324. The molecule has 0 spiro atoms. The predicted octanol–water partition coefficient (Wildman–Crippen LogP) is 5.18. The van der Waals surface area contributed by atoms with Crippen molar-refractivity contribution >= 4 is 23.4 Å². The molecular weight excluding hydrogens is 320 g/mol. The molecule has 4 nitrogen and oxygen atoms in total. The van der Waals surface area contributed by atoms with E-state index in [2.05, 4.69) is 44.9 Å². The second-order valence-electron chi connectivity index (χ2n) is 6.41. The summed E-state index contributed by atoms with van der Waals surface area (Å²) in [5.74, 6) is 3.09. The summed E-state index contributed by atoms with van der Waals surface area (Å²) in [6, 6.07) is 7.62. The first-order chi connectivity index (χ1) is 11.4. The van der Waals surface area contributed by atoms with Crippen LogP contribution in [0.5, 0.6) is 0 Å². The molecule has 0 aliphatic heterocycles. The Bertz CT molecular complexity index is 662. The molecule has 2 rings (SSSR count). The second-order valence-corrected chi connectivity index (χ2v) is 7.83. The minimum atomic E-state index is -0.0324. The van der Waals surface area contributed by atoms with Gasteiger partial charge >= 0.3 is 0 Å². The first-order valence-corrected chi connectivity index (χ1v) is 9.45. The van der Waals surface area contributed by atoms with Gasteiger partial charge in [0.05, 0.1) is 11.4 Å². The van der Waals surface area contributed by atoms with E-state index in [1.165, 1.54) is 0 Å². The first-order valence-electron chi connectivity index (χ1n) is 8.41. The van der Waals surface area contributed by atoms with Crippen molar-refractivity contribution in [1.82, 2.24) is 4.98 Å². The topological polar surface area (TPSA) is 55.1 Å². The molecule has 1 aromatic heterocycles.